The minimum atomic E-state index is -0.187. The molecule has 0 aliphatic carbocycles. The van der Waals surface area contributed by atoms with Crippen LogP contribution in [0.5, 0.6) is 0 Å². The zero-order chi connectivity index (χ0) is 10.8. The Balaban J connectivity index is 2.77. The Bertz CT molecular complexity index is 522. The summed E-state index contributed by atoms with van der Waals surface area (Å²) in [4.78, 5) is 19.7. The van der Waals surface area contributed by atoms with Crippen molar-refractivity contribution in [1.82, 2.24) is 15.3 Å². The molecule has 0 aliphatic heterocycles. The molecule has 1 N–H and O–H groups in total. The Kier molecular flexibility index (Phi) is 2.33. The molecule has 0 saturated heterocycles. The molecular formula is C11H11N3O. The van der Waals surface area contributed by atoms with Crippen LogP contribution in [0.15, 0.2) is 24.5 Å². The molecular weight excluding hydrogens is 190 g/mol. The van der Waals surface area contributed by atoms with Crippen LogP contribution in [0.2, 0.25) is 0 Å². The van der Waals surface area contributed by atoms with E-state index >= 15 is 0 Å². The topological polar surface area (TPSA) is 54.9 Å². The summed E-state index contributed by atoms with van der Waals surface area (Å²) in [5, 5.41) is 3.35. The van der Waals surface area contributed by atoms with Crippen molar-refractivity contribution in [3.8, 4) is 0 Å². The van der Waals surface area contributed by atoms with Gasteiger partial charge in [-0.15, -0.1) is 0 Å². The maximum absolute atomic E-state index is 11.5. The van der Waals surface area contributed by atoms with Crippen LogP contribution in [-0.2, 0) is 0 Å². The highest BCUT2D eigenvalue weighted by Gasteiger charge is 2.10. The van der Waals surface area contributed by atoms with Crippen LogP contribution in [0.3, 0.4) is 0 Å². The Hall–Kier alpha value is -1.97. The number of rotatable bonds is 1. The van der Waals surface area contributed by atoms with Crippen molar-refractivity contribution in [2.75, 3.05) is 7.05 Å². The van der Waals surface area contributed by atoms with Crippen LogP contribution < -0.4 is 5.32 Å². The van der Waals surface area contributed by atoms with Gasteiger partial charge >= 0.3 is 0 Å². The molecule has 2 aromatic rings. The largest absolute Gasteiger partial charge is 0.354 e. The molecule has 15 heavy (non-hydrogen) atoms. The van der Waals surface area contributed by atoms with E-state index in [1.807, 2.05) is 25.1 Å². The lowest BCUT2D eigenvalue weighted by molar-refractivity contribution is 0.0960. The van der Waals surface area contributed by atoms with Crippen LogP contribution in [0.4, 0.5) is 0 Å². The van der Waals surface area contributed by atoms with E-state index in [-0.39, 0.29) is 5.91 Å². The maximum atomic E-state index is 11.5. The number of para-hydroxylation sites is 1. The first-order valence-corrected chi connectivity index (χ1v) is 4.66. The fraction of sp³-hybridized carbons (Fsp3) is 0.182. The highest BCUT2D eigenvalue weighted by molar-refractivity contribution is 6.04. The molecule has 4 heteroatoms. The van der Waals surface area contributed by atoms with Gasteiger partial charge in [-0.1, -0.05) is 18.2 Å². The number of fused-ring (bicyclic) bond motifs is 1. The Labute approximate surface area is 87.4 Å². The van der Waals surface area contributed by atoms with Gasteiger partial charge in [0.15, 0.2) is 0 Å². The van der Waals surface area contributed by atoms with Crippen molar-refractivity contribution in [3.63, 3.8) is 0 Å². The van der Waals surface area contributed by atoms with Gasteiger partial charge in [0.2, 0.25) is 0 Å². The number of aryl methyl sites for hydroxylation is 1. The van der Waals surface area contributed by atoms with E-state index in [0.29, 0.717) is 5.69 Å². The smallest absolute Gasteiger partial charge is 0.270 e. The minimum absolute atomic E-state index is 0.187. The molecule has 0 radical (unpaired) electrons. The third-order valence-electron chi connectivity index (χ3n) is 2.31. The third-order valence-corrected chi connectivity index (χ3v) is 2.31. The molecule has 0 saturated carbocycles. The fourth-order valence-electron chi connectivity index (χ4n) is 1.53. The zero-order valence-corrected chi connectivity index (χ0v) is 8.61. The standard InChI is InChI=1S/C11H11N3O/c1-7-4-3-5-8-9(7)13-6-14-10(8)11(15)12-2/h3-6H,1-2H3,(H,12,15). The number of hydrogen-bond donors (Lipinski definition) is 1. The Morgan fingerprint density at radius 3 is 2.87 bits per heavy atom. The predicted octanol–water partition coefficient (Wildman–Crippen LogP) is 1.30. The van der Waals surface area contributed by atoms with E-state index in [1.165, 1.54) is 6.33 Å². The summed E-state index contributed by atoms with van der Waals surface area (Å²) in [6.07, 6.45) is 1.42. The van der Waals surface area contributed by atoms with Crippen molar-refractivity contribution in [1.29, 1.82) is 0 Å². The number of benzene rings is 1. The van der Waals surface area contributed by atoms with Gasteiger partial charge in [0.25, 0.3) is 5.91 Å². The summed E-state index contributed by atoms with van der Waals surface area (Å²) in [7, 11) is 1.59. The maximum Gasteiger partial charge on any atom is 0.270 e. The van der Waals surface area contributed by atoms with E-state index in [0.717, 1.165) is 16.5 Å². The summed E-state index contributed by atoms with van der Waals surface area (Å²) in [6.45, 7) is 1.96. The molecule has 76 valence electrons. The highest BCUT2D eigenvalue weighted by atomic mass is 16.1. The summed E-state index contributed by atoms with van der Waals surface area (Å²) in [5.74, 6) is -0.187. The van der Waals surface area contributed by atoms with Crippen molar-refractivity contribution in [2.24, 2.45) is 0 Å². The van der Waals surface area contributed by atoms with E-state index in [4.69, 9.17) is 0 Å². The number of aromatic nitrogens is 2. The Morgan fingerprint density at radius 2 is 2.13 bits per heavy atom. The lowest BCUT2D eigenvalue weighted by atomic mass is 10.1. The van der Waals surface area contributed by atoms with Gasteiger partial charge in [0.1, 0.15) is 12.0 Å². The Morgan fingerprint density at radius 1 is 1.33 bits per heavy atom. The van der Waals surface area contributed by atoms with Gasteiger partial charge in [0, 0.05) is 12.4 Å². The van der Waals surface area contributed by atoms with Gasteiger partial charge in [-0.25, -0.2) is 9.97 Å². The number of amides is 1. The summed E-state index contributed by atoms with van der Waals surface area (Å²) in [5.41, 5.74) is 2.29. The first kappa shape index (κ1) is 9.58. The van der Waals surface area contributed by atoms with Gasteiger partial charge in [-0.05, 0) is 12.5 Å². The average Bonchev–Trinajstić information content (AvgIpc) is 2.28. The number of hydrogen-bond acceptors (Lipinski definition) is 3. The minimum Gasteiger partial charge on any atom is -0.354 e. The molecule has 0 fully saturated rings. The number of nitrogens with one attached hydrogen (secondary N) is 1. The molecule has 1 amide bonds. The predicted molar refractivity (Wildman–Crippen MR) is 57.7 cm³/mol. The average molecular weight is 201 g/mol. The van der Waals surface area contributed by atoms with Gasteiger partial charge in [-0.3, -0.25) is 4.79 Å². The van der Waals surface area contributed by atoms with Crippen LogP contribution >= 0.6 is 0 Å². The van der Waals surface area contributed by atoms with Gasteiger partial charge in [0.05, 0.1) is 5.52 Å². The first-order valence-electron chi connectivity index (χ1n) is 4.66. The zero-order valence-electron chi connectivity index (χ0n) is 8.61. The van der Waals surface area contributed by atoms with Crippen LogP contribution in [0.1, 0.15) is 16.1 Å². The number of carbonyl (C=O) groups excluding carboxylic acids is 1. The molecule has 0 atom stereocenters. The van der Waals surface area contributed by atoms with Gasteiger partial charge in [-0.2, -0.15) is 0 Å². The second-order valence-electron chi connectivity index (χ2n) is 3.27. The molecule has 0 spiro atoms. The summed E-state index contributed by atoms with van der Waals surface area (Å²) < 4.78 is 0. The lowest BCUT2D eigenvalue weighted by Gasteiger charge is -2.04. The molecule has 1 aromatic carbocycles. The van der Waals surface area contributed by atoms with E-state index in [2.05, 4.69) is 15.3 Å². The fourth-order valence-corrected chi connectivity index (χ4v) is 1.53. The SMILES string of the molecule is CNC(=O)c1ncnc2c(C)cccc12. The third kappa shape index (κ3) is 1.54. The molecule has 4 nitrogen and oxygen atoms in total. The van der Waals surface area contributed by atoms with Crippen molar-refractivity contribution >= 4 is 16.8 Å². The van der Waals surface area contributed by atoms with Crippen molar-refractivity contribution in [2.45, 2.75) is 6.92 Å². The molecule has 1 aromatic heterocycles. The monoisotopic (exact) mass is 201 g/mol. The molecule has 0 bridgehead atoms. The first-order chi connectivity index (χ1) is 7.24. The second-order valence-corrected chi connectivity index (χ2v) is 3.27. The van der Waals surface area contributed by atoms with Crippen molar-refractivity contribution < 1.29 is 4.79 Å². The normalized spacial score (nSPS) is 10.3. The summed E-state index contributed by atoms with van der Waals surface area (Å²) >= 11 is 0. The molecule has 2 rings (SSSR count). The summed E-state index contributed by atoms with van der Waals surface area (Å²) in [6, 6.07) is 5.71. The van der Waals surface area contributed by atoms with Crippen LogP contribution in [0.25, 0.3) is 10.9 Å². The highest BCUT2D eigenvalue weighted by Crippen LogP contribution is 2.17. The van der Waals surface area contributed by atoms with E-state index in [9.17, 15) is 4.79 Å². The van der Waals surface area contributed by atoms with E-state index < -0.39 is 0 Å². The molecule has 0 unspecified atom stereocenters. The van der Waals surface area contributed by atoms with E-state index in [1.54, 1.807) is 7.05 Å². The molecule has 0 aliphatic rings. The van der Waals surface area contributed by atoms with Crippen LogP contribution in [-0.4, -0.2) is 22.9 Å². The van der Waals surface area contributed by atoms with Gasteiger partial charge < -0.3 is 5.32 Å². The second kappa shape index (κ2) is 3.65. The lowest BCUT2D eigenvalue weighted by Crippen LogP contribution is -2.19. The number of nitrogens with zero attached hydrogens (tertiary/aromatic N) is 2. The molecule has 1 heterocycles. The van der Waals surface area contributed by atoms with Crippen molar-refractivity contribution in [3.05, 3.63) is 35.8 Å². The van der Waals surface area contributed by atoms with Crippen LogP contribution in [0, 0.1) is 6.92 Å². The quantitative estimate of drug-likeness (QED) is 0.756. The number of carbonyl (C=O) groups is 1.